The van der Waals surface area contributed by atoms with Crippen LogP contribution >= 0.6 is 0 Å². The molecule has 2 rings (SSSR count). The van der Waals surface area contributed by atoms with Gasteiger partial charge in [0.2, 0.25) is 0 Å². The molecule has 88 valence electrons. The molecule has 1 aliphatic rings. The highest BCUT2D eigenvalue weighted by molar-refractivity contribution is 5.20. The van der Waals surface area contributed by atoms with E-state index in [4.69, 9.17) is 4.74 Å². The number of rotatable bonds is 5. The van der Waals surface area contributed by atoms with E-state index in [9.17, 15) is 0 Å². The summed E-state index contributed by atoms with van der Waals surface area (Å²) in [5, 5.41) is 2.41. The van der Waals surface area contributed by atoms with Gasteiger partial charge >= 0.3 is 0 Å². The number of piperazine rings is 1. The van der Waals surface area contributed by atoms with Gasteiger partial charge in [-0.25, -0.2) is 0 Å². The van der Waals surface area contributed by atoms with Crippen molar-refractivity contribution in [3.05, 3.63) is 30.3 Å². The fraction of sp³-hybridized carbons (Fsp3) is 0.538. The summed E-state index contributed by atoms with van der Waals surface area (Å²) in [7, 11) is 0. The summed E-state index contributed by atoms with van der Waals surface area (Å²) in [6.07, 6.45) is 1.16. The van der Waals surface area contributed by atoms with Crippen LogP contribution in [-0.2, 0) is 0 Å². The van der Waals surface area contributed by atoms with Gasteiger partial charge in [-0.2, -0.15) is 0 Å². The topological polar surface area (TPSA) is 30.3 Å². The van der Waals surface area contributed by atoms with Crippen LogP contribution in [0.25, 0.3) is 0 Å². The molecule has 1 heterocycles. The van der Waals surface area contributed by atoms with Gasteiger partial charge in [-0.05, 0) is 12.1 Å². The van der Waals surface area contributed by atoms with Crippen LogP contribution in [0.2, 0.25) is 0 Å². The predicted molar refractivity (Wildman–Crippen MR) is 63.8 cm³/mol. The first-order chi connectivity index (χ1) is 7.95. The largest absolute Gasteiger partial charge is 0.493 e. The van der Waals surface area contributed by atoms with Gasteiger partial charge in [-0.3, -0.25) is 0 Å². The van der Waals surface area contributed by atoms with Crippen molar-refractivity contribution >= 4 is 0 Å². The molecule has 16 heavy (non-hydrogen) atoms. The first kappa shape index (κ1) is 11.4. The van der Waals surface area contributed by atoms with Crippen molar-refractivity contribution in [1.82, 2.24) is 0 Å². The minimum absolute atomic E-state index is 0.844. The Labute approximate surface area is 97.4 Å². The molecule has 3 N–H and O–H groups in total. The van der Waals surface area contributed by atoms with E-state index in [0.717, 1.165) is 18.8 Å². The van der Waals surface area contributed by atoms with Crippen LogP contribution in [0.4, 0.5) is 0 Å². The maximum atomic E-state index is 5.68. The van der Waals surface area contributed by atoms with Crippen LogP contribution in [-0.4, -0.2) is 39.3 Å². The molecule has 1 fully saturated rings. The highest BCUT2D eigenvalue weighted by Gasteiger charge is 2.14. The highest BCUT2D eigenvalue weighted by atomic mass is 16.5. The third-order valence-electron chi connectivity index (χ3n) is 3.09. The summed E-state index contributed by atoms with van der Waals surface area (Å²) >= 11 is 0. The Morgan fingerprint density at radius 3 is 2.62 bits per heavy atom. The number of hydrogen-bond donors (Lipinski definition) is 2. The average molecular weight is 222 g/mol. The molecule has 0 unspecified atom stereocenters. The van der Waals surface area contributed by atoms with E-state index in [1.807, 2.05) is 30.3 Å². The molecule has 1 saturated heterocycles. The van der Waals surface area contributed by atoms with Crippen LogP contribution in [0, 0.1) is 0 Å². The molecule has 1 aromatic rings. The molecule has 0 aromatic heterocycles. The lowest BCUT2D eigenvalue weighted by Crippen LogP contribution is -3.20. The van der Waals surface area contributed by atoms with Crippen molar-refractivity contribution < 1.29 is 15.0 Å². The summed E-state index contributed by atoms with van der Waals surface area (Å²) < 4.78 is 5.68. The van der Waals surface area contributed by atoms with E-state index in [1.165, 1.54) is 32.7 Å². The van der Waals surface area contributed by atoms with Crippen LogP contribution in [0.15, 0.2) is 30.3 Å². The number of hydrogen-bond acceptors (Lipinski definition) is 1. The van der Waals surface area contributed by atoms with Crippen molar-refractivity contribution in [2.24, 2.45) is 0 Å². The number of nitrogens with one attached hydrogen (secondary N) is 1. The van der Waals surface area contributed by atoms with Gasteiger partial charge in [-0.15, -0.1) is 0 Å². The maximum absolute atomic E-state index is 5.68. The van der Waals surface area contributed by atoms with Crippen molar-refractivity contribution in [3.63, 3.8) is 0 Å². The van der Waals surface area contributed by atoms with Crippen molar-refractivity contribution in [3.8, 4) is 5.75 Å². The average Bonchev–Trinajstić information content (AvgIpc) is 2.37. The molecule has 3 heteroatoms. The monoisotopic (exact) mass is 222 g/mol. The summed E-state index contributed by atoms with van der Waals surface area (Å²) in [5.74, 6) is 0.990. The minimum Gasteiger partial charge on any atom is -0.493 e. The molecule has 0 amide bonds. The summed E-state index contributed by atoms with van der Waals surface area (Å²) in [5.41, 5.74) is 0. The quantitative estimate of drug-likeness (QED) is 0.610. The van der Waals surface area contributed by atoms with Crippen LogP contribution < -0.4 is 15.0 Å². The molecular weight excluding hydrogens is 200 g/mol. The molecule has 0 spiro atoms. The number of quaternary nitrogens is 2. The van der Waals surface area contributed by atoms with Gasteiger partial charge in [-0.1, -0.05) is 18.2 Å². The molecule has 0 atom stereocenters. The van der Waals surface area contributed by atoms with Crippen LogP contribution in [0.5, 0.6) is 5.75 Å². The molecule has 0 radical (unpaired) electrons. The summed E-state index contributed by atoms with van der Waals surface area (Å²) in [6, 6.07) is 10.1. The third-order valence-corrected chi connectivity index (χ3v) is 3.09. The van der Waals surface area contributed by atoms with Gasteiger partial charge in [0.1, 0.15) is 31.9 Å². The van der Waals surface area contributed by atoms with E-state index >= 15 is 0 Å². The van der Waals surface area contributed by atoms with E-state index in [-0.39, 0.29) is 0 Å². The molecular formula is C13H22N2O+2. The lowest BCUT2D eigenvalue weighted by atomic mass is 10.3. The van der Waals surface area contributed by atoms with Crippen molar-refractivity contribution in [2.75, 3.05) is 39.3 Å². The second kappa shape index (κ2) is 6.51. The molecule has 0 saturated carbocycles. The number of nitrogens with two attached hydrogens (primary N) is 1. The zero-order valence-corrected chi connectivity index (χ0v) is 9.82. The van der Waals surface area contributed by atoms with Gasteiger partial charge < -0.3 is 15.0 Å². The fourth-order valence-electron chi connectivity index (χ4n) is 2.16. The first-order valence-electron chi connectivity index (χ1n) is 6.28. The molecule has 1 aliphatic heterocycles. The minimum atomic E-state index is 0.844. The maximum Gasteiger partial charge on any atom is 0.127 e. The standard InChI is InChI=1S/C13H20N2O/c1-2-5-13(6-3-1)16-12-4-9-15-10-7-14-8-11-15/h1-3,5-6,14H,4,7-12H2/p+2. The highest BCUT2D eigenvalue weighted by Crippen LogP contribution is 2.07. The van der Waals surface area contributed by atoms with Gasteiger partial charge in [0.25, 0.3) is 0 Å². The van der Waals surface area contributed by atoms with E-state index < -0.39 is 0 Å². The Morgan fingerprint density at radius 2 is 1.88 bits per heavy atom. The SMILES string of the molecule is c1ccc(OCCC[NH+]2CC[NH2+]CC2)cc1. The first-order valence-corrected chi connectivity index (χ1v) is 6.28. The molecule has 0 bridgehead atoms. The van der Waals surface area contributed by atoms with Crippen molar-refractivity contribution in [1.29, 1.82) is 0 Å². The summed E-state index contributed by atoms with van der Waals surface area (Å²) in [4.78, 5) is 1.74. The van der Waals surface area contributed by atoms with Crippen LogP contribution in [0.1, 0.15) is 6.42 Å². The molecule has 1 aromatic carbocycles. The van der Waals surface area contributed by atoms with E-state index in [2.05, 4.69) is 5.32 Å². The molecule has 3 nitrogen and oxygen atoms in total. The van der Waals surface area contributed by atoms with E-state index in [0.29, 0.717) is 0 Å². The van der Waals surface area contributed by atoms with Gasteiger partial charge in [0.15, 0.2) is 0 Å². The number of benzene rings is 1. The Morgan fingerprint density at radius 1 is 1.12 bits per heavy atom. The van der Waals surface area contributed by atoms with Gasteiger partial charge in [0.05, 0.1) is 13.2 Å². The Hall–Kier alpha value is -1.06. The number of para-hydroxylation sites is 1. The third kappa shape index (κ3) is 3.83. The second-order valence-electron chi connectivity index (χ2n) is 4.38. The van der Waals surface area contributed by atoms with Gasteiger partial charge in [0, 0.05) is 6.42 Å². The van der Waals surface area contributed by atoms with Crippen molar-refractivity contribution in [2.45, 2.75) is 6.42 Å². The smallest absolute Gasteiger partial charge is 0.127 e. The van der Waals surface area contributed by atoms with E-state index in [1.54, 1.807) is 4.90 Å². The lowest BCUT2D eigenvalue weighted by Gasteiger charge is -2.22. The lowest BCUT2D eigenvalue weighted by molar-refractivity contribution is -0.946. The Balaban J connectivity index is 1.58. The summed E-state index contributed by atoms with van der Waals surface area (Å²) in [6.45, 7) is 7.29. The zero-order valence-electron chi connectivity index (χ0n) is 9.82. The second-order valence-corrected chi connectivity index (χ2v) is 4.38. The Kier molecular flexibility index (Phi) is 4.65. The zero-order chi connectivity index (χ0) is 11.1. The predicted octanol–water partition coefficient (Wildman–Crippen LogP) is -1.08. The molecule has 0 aliphatic carbocycles. The Bertz CT molecular complexity index is 283. The fourth-order valence-corrected chi connectivity index (χ4v) is 2.16. The number of ether oxygens (including phenoxy) is 1. The normalized spacial score (nSPS) is 17.2. The van der Waals surface area contributed by atoms with Crippen LogP contribution in [0.3, 0.4) is 0 Å².